The first kappa shape index (κ1) is 23.7. The molecule has 0 spiro atoms. The lowest BCUT2D eigenvalue weighted by Gasteiger charge is -2.06. The predicted octanol–water partition coefficient (Wildman–Crippen LogP) is 9.37. The van der Waals surface area contributed by atoms with Crippen molar-refractivity contribution in [1.82, 2.24) is 10.2 Å². The van der Waals surface area contributed by atoms with Crippen LogP contribution in [0.5, 0.6) is 0 Å². The van der Waals surface area contributed by atoms with Gasteiger partial charge in [-0.25, -0.2) is 0 Å². The van der Waals surface area contributed by atoms with E-state index < -0.39 is 23.5 Å². The molecule has 0 saturated carbocycles. The second-order valence-corrected chi connectivity index (χ2v) is 10.5. The Bertz CT molecular complexity index is 1350. The summed E-state index contributed by atoms with van der Waals surface area (Å²) in [6.07, 6.45) is -8.76. The van der Waals surface area contributed by atoms with Crippen LogP contribution in [0, 0.1) is 0 Å². The largest absolute Gasteiger partial charge is 0.416 e. The summed E-state index contributed by atoms with van der Waals surface area (Å²) in [4.78, 5) is 3.30. The predicted molar refractivity (Wildman–Crippen MR) is 127 cm³/mol. The normalized spacial score (nSPS) is 12.3. The summed E-state index contributed by atoms with van der Waals surface area (Å²) in [5, 5.41) is 9.84. The fraction of sp³-hybridized carbons (Fsp3) is 0.0833. The highest BCUT2D eigenvalue weighted by atomic mass is 32.1. The lowest BCUT2D eigenvalue weighted by molar-refractivity contribution is -0.138. The van der Waals surface area contributed by atoms with Gasteiger partial charge in [-0.15, -0.1) is 32.9 Å². The Morgan fingerprint density at radius 3 is 1.11 bits per heavy atom. The van der Waals surface area contributed by atoms with Crippen molar-refractivity contribution in [3.63, 3.8) is 0 Å². The lowest BCUT2D eigenvalue weighted by Crippen LogP contribution is -2.03. The highest BCUT2D eigenvalue weighted by molar-refractivity contribution is 7.27. The summed E-state index contributed by atoms with van der Waals surface area (Å²) in [6.45, 7) is 0. The molecule has 0 saturated heterocycles. The summed E-state index contributed by atoms with van der Waals surface area (Å²) in [5.74, 6) is 0. The third-order valence-corrected chi connectivity index (χ3v) is 8.58. The second kappa shape index (κ2) is 8.89. The minimum Gasteiger partial charge on any atom is -0.166 e. The summed E-state index contributed by atoms with van der Waals surface area (Å²) in [5.41, 5.74) is -0.0336. The Morgan fingerprint density at radius 1 is 0.429 bits per heavy atom. The number of benzene rings is 2. The van der Waals surface area contributed by atoms with Gasteiger partial charge in [-0.3, -0.25) is 0 Å². The number of nitrogens with zero attached hydrogens (tertiary/aromatic N) is 2. The number of hydrogen-bond donors (Lipinski definition) is 0. The van der Waals surface area contributed by atoms with Gasteiger partial charge in [-0.2, -0.15) is 26.3 Å². The van der Waals surface area contributed by atoms with E-state index in [0.717, 1.165) is 43.8 Å². The van der Waals surface area contributed by atoms with E-state index in [4.69, 9.17) is 0 Å². The summed E-state index contributed by atoms with van der Waals surface area (Å²) < 4.78 is 76.8. The minimum absolute atomic E-state index is 0.674. The standard InChI is InChI=1S/C24H12F6N2S3/c25-23(26,27)15-5-1-13(2-6-15)17-9-11-19(33-17)21-31-32-22(35-21)20-12-10-18(34-20)14-3-7-16(8-4-14)24(28,29)30/h1-12H. The van der Waals surface area contributed by atoms with Gasteiger partial charge in [-0.1, -0.05) is 35.6 Å². The van der Waals surface area contributed by atoms with Crippen LogP contribution in [-0.4, -0.2) is 10.2 Å². The lowest BCUT2D eigenvalue weighted by atomic mass is 10.1. The quantitative estimate of drug-likeness (QED) is 0.213. The van der Waals surface area contributed by atoms with Gasteiger partial charge in [0.25, 0.3) is 0 Å². The number of hydrogen-bond acceptors (Lipinski definition) is 5. The molecule has 11 heteroatoms. The van der Waals surface area contributed by atoms with E-state index in [1.807, 2.05) is 24.3 Å². The van der Waals surface area contributed by atoms with Crippen LogP contribution in [0.1, 0.15) is 11.1 Å². The first-order valence-corrected chi connectivity index (χ1v) is 12.4. The van der Waals surface area contributed by atoms with Gasteiger partial charge in [0.2, 0.25) is 0 Å². The van der Waals surface area contributed by atoms with Gasteiger partial charge < -0.3 is 0 Å². The molecule has 0 bridgehead atoms. The van der Waals surface area contributed by atoms with Crippen molar-refractivity contribution in [2.45, 2.75) is 12.4 Å². The van der Waals surface area contributed by atoms with Crippen molar-refractivity contribution < 1.29 is 26.3 Å². The smallest absolute Gasteiger partial charge is 0.166 e. The zero-order valence-electron chi connectivity index (χ0n) is 17.3. The molecular weight excluding hydrogens is 526 g/mol. The maximum Gasteiger partial charge on any atom is 0.416 e. The zero-order chi connectivity index (χ0) is 24.8. The topological polar surface area (TPSA) is 25.8 Å². The molecule has 3 aromatic heterocycles. The number of halogens is 6. The molecule has 5 rings (SSSR count). The van der Waals surface area contributed by atoms with Gasteiger partial charge in [-0.05, 0) is 59.7 Å². The van der Waals surface area contributed by atoms with Crippen molar-refractivity contribution in [2.75, 3.05) is 0 Å². The Kier molecular flexibility index (Phi) is 6.02. The summed E-state index contributed by atoms with van der Waals surface area (Å²) in [6, 6.07) is 17.4. The van der Waals surface area contributed by atoms with Crippen LogP contribution >= 0.6 is 34.0 Å². The number of alkyl halides is 6. The van der Waals surface area contributed by atoms with Gasteiger partial charge in [0, 0.05) is 9.75 Å². The fourth-order valence-electron chi connectivity index (χ4n) is 3.29. The van der Waals surface area contributed by atoms with Crippen LogP contribution in [0.25, 0.3) is 40.7 Å². The van der Waals surface area contributed by atoms with E-state index in [9.17, 15) is 26.3 Å². The number of thiophene rings is 2. The maximum absolute atomic E-state index is 12.8. The van der Waals surface area contributed by atoms with Crippen LogP contribution in [0.15, 0.2) is 72.8 Å². The number of aromatic nitrogens is 2. The Labute approximate surface area is 207 Å². The van der Waals surface area contributed by atoms with E-state index >= 15 is 0 Å². The molecule has 2 nitrogen and oxygen atoms in total. The van der Waals surface area contributed by atoms with Crippen molar-refractivity contribution in [1.29, 1.82) is 0 Å². The molecule has 0 aliphatic carbocycles. The average Bonchev–Trinajstić information content (AvgIpc) is 3.58. The van der Waals surface area contributed by atoms with Crippen molar-refractivity contribution >= 4 is 34.0 Å². The van der Waals surface area contributed by atoms with E-state index in [2.05, 4.69) is 10.2 Å². The average molecular weight is 539 g/mol. The maximum atomic E-state index is 12.8. The van der Waals surface area contributed by atoms with Gasteiger partial charge in [0.05, 0.1) is 20.9 Å². The van der Waals surface area contributed by atoms with Crippen molar-refractivity contribution in [3.05, 3.63) is 83.9 Å². The summed E-state index contributed by atoms with van der Waals surface area (Å²) in [7, 11) is 0. The van der Waals surface area contributed by atoms with Crippen molar-refractivity contribution in [3.8, 4) is 40.7 Å². The monoisotopic (exact) mass is 538 g/mol. The Morgan fingerprint density at radius 2 is 0.771 bits per heavy atom. The molecule has 35 heavy (non-hydrogen) atoms. The molecule has 0 fully saturated rings. The van der Waals surface area contributed by atoms with E-state index in [-0.39, 0.29) is 0 Å². The molecule has 0 aliphatic heterocycles. The highest BCUT2D eigenvalue weighted by Gasteiger charge is 2.30. The number of rotatable bonds is 4. The third kappa shape index (κ3) is 5.02. The van der Waals surface area contributed by atoms with Crippen LogP contribution in [0.3, 0.4) is 0 Å². The molecule has 0 atom stereocenters. The van der Waals surface area contributed by atoms with Gasteiger partial charge >= 0.3 is 12.4 Å². The van der Waals surface area contributed by atoms with Gasteiger partial charge in [0.1, 0.15) is 0 Å². The Hall–Kier alpha value is -3.02. The van der Waals surface area contributed by atoms with Crippen LogP contribution < -0.4 is 0 Å². The van der Waals surface area contributed by atoms with E-state index in [0.29, 0.717) is 21.1 Å². The third-order valence-electron chi connectivity index (χ3n) is 5.05. The van der Waals surface area contributed by atoms with Gasteiger partial charge in [0.15, 0.2) is 10.0 Å². The van der Waals surface area contributed by atoms with Crippen LogP contribution in [0.2, 0.25) is 0 Å². The second-order valence-electron chi connectivity index (χ2n) is 7.39. The van der Waals surface area contributed by atoms with Crippen LogP contribution in [0.4, 0.5) is 26.3 Å². The molecule has 0 aliphatic rings. The molecule has 0 unspecified atom stereocenters. The molecule has 178 valence electrons. The van der Waals surface area contributed by atoms with E-state index in [1.165, 1.54) is 58.3 Å². The highest BCUT2D eigenvalue weighted by Crippen LogP contribution is 2.41. The summed E-state index contributed by atoms with van der Waals surface area (Å²) >= 11 is 4.18. The molecule has 0 N–H and O–H groups in total. The minimum atomic E-state index is -4.38. The molecule has 3 heterocycles. The first-order valence-electron chi connectivity index (χ1n) is 9.97. The first-order chi connectivity index (χ1) is 16.6. The molecule has 0 amide bonds. The Balaban J connectivity index is 1.34. The molecule has 0 radical (unpaired) electrons. The zero-order valence-corrected chi connectivity index (χ0v) is 19.8. The molecule has 5 aromatic rings. The van der Waals surface area contributed by atoms with Crippen LogP contribution in [-0.2, 0) is 12.4 Å². The molecule has 2 aromatic carbocycles. The molecular formula is C24H12F6N2S3. The van der Waals surface area contributed by atoms with E-state index in [1.54, 1.807) is 0 Å². The fourth-order valence-corrected chi connectivity index (χ4v) is 6.25. The van der Waals surface area contributed by atoms with Crippen molar-refractivity contribution in [2.24, 2.45) is 0 Å². The SMILES string of the molecule is FC(F)(F)c1ccc(-c2ccc(-c3nnc(-c4ccc(-c5ccc(C(F)(F)F)cc5)s4)s3)s2)cc1.